The number of aromatic nitrogens is 1. The number of carbonyl (C=O) groups excluding carboxylic acids is 3. The molecule has 2 aliphatic heterocycles. The van der Waals surface area contributed by atoms with E-state index in [2.05, 4.69) is 26.2 Å². The number of imide groups is 1. The Bertz CT molecular complexity index is 864. The first-order valence-corrected chi connectivity index (χ1v) is 7.61. The number of benzene rings is 1. The molecule has 4 rings (SSSR count). The van der Waals surface area contributed by atoms with Crippen LogP contribution in [-0.4, -0.2) is 28.7 Å². The van der Waals surface area contributed by atoms with E-state index in [0.717, 1.165) is 15.2 Å². The minimum absolute atomic E-state index is 0.223. The zero-order valence-electron chi connectivity index (χ0n) is 11.3. The maximum absolute atomic E-state index is 12.7. The third-order valence-corrected chi connectivity index (χ3v) is 4.47. The number of halogens is 1. The number of hydrogen-bond donors (Lipinski definition) is 1. The number of amides is 3. The minimum Gasteiger partial charge on any atom is -0.295 e. The molecule has 3 heterocycles. The van der Waals surface area contributed by atoms with Crippen molar-refractivity contribution in [3.8, 4) is 0 Å². The fraction of sp³-hybridized carbons (Fsp3) is 0.200. The molecule has 7 heteroatoms. The largest absolute Gasteiger partial charge is 0.295 e. The van der Waals surface area contributed by atoms with Crippen molar-refractivity contribution in [1.82, 2.24) is 10.3 Å². The molecule has 0 radical (unpaired) electrons. The maximum atomic E-state index is 12.7. The number of pyridine rings is 1. The topological polar surface area (TPSA) is 79.4 Å². The molecule has 0 aliphatic carbocycles. The zero-order chi connectivity index (χ0) is 15.4. The smallest absolute Gasteiger partial charge is 0.278 e. The molecular weight excluding hydrogens is 350 g/mol. The lowest BCUT2D eigenvalue weighted by molar-refractivity contribution is -0.134. The van der Waals surface area contributed by atoms with Gasteiger partial charge in [-0.05, 0) is 30.0 Å². The van der Waals surface area contributed by atoms with Gasteiger partial charge in [0.2, 0.25) is 11.8 Å². The maximum Gasteiger partial charge on any atom is 0.278 e. The van der Waals surface area contributed by atoms with Crippen LogP contribution in [-0.2, 0) is 9.59 Å². The van der Waals surface area contributed by atoms with E-state index < -0.39 is 11.9 Å². The summed E-state index contributed by atoms with van der Waals surface area (Å²) in [6.07, 6.45) is 2.12. The van der Waals surface area contributed by atoms with Crippen molar-refractivity contribution < 1.29 is 14.4 Å². The van der Waals surface area contributed by atoms with E-state index in [1.165, 1.54) is 4.90 Å². The Morgan fingerprint density at radius 3 is 2.86 bits per heavy atom. The predicted molar refractivity (Wildman–Crippen MR) is 82.4 cm³/mol. The van der Waals surface area contributed by atoms with Gasteiger partial charge in [-0.1, -0.05) is 15.9 Å². The number of carbonyl (C=O) groups is 3. The molecule has 3 amide bonds. The van der Waals surface area contributed by atoms with Crippen molar-refractivity contribution in [2.45, 2.75) is 18.9 Å². The quantitative estimate of drug-likeness (QED) is 0.786. The fourth-order valence-corrected chi connectivity index (χ4v) is 3.54. The summed E-state index contributed by atoms with van der Waals surface area (Å²) in [6, 6.07) is 4.86. The average molecular weight is 360 g/mol. The number of nitrogens with zero attached hydrogens (tertiary/aromatic N) is 2. The number of hydrogen-bond acceptors (Lipinski definition) is 4. The molecule has 1 aromatic carbocycles. The van der Waals surface area contributed by atoms with E-state index in [1.54, 1.807) is 6.20 Å². The Labute approximate surface area is 133 Å². The fourth-order valence-electron chi connectivity index (χ4n) is 3.07. The lowest BCUT2D eigenvalue weighted by Crippen LogP contribution is -2.53. The van der Waals surface area contributed by atoms with E-state index in [1.807, 2.05) is 18.2 Å². The van der Waals surface area contributed by atoms with Crippen molar-refractivity contribution >= 4 is 50.1 Å². The molecule has 1 unspecified atom stereocenters. The third-order valence-electron chi connectivity index (χ3n) is 4.01. The normalized spacial score (nSPS) is 20.7. The molecule has 1 saturated heterocycles. The van der Waals surface area contributed by atoms with Crippen molar-refractivity contribution in [3.63, 3.8) is 0 Å². The summed E-state index contributed by atoms with van der Waals surface area (Å²) >= 11 is 3.43. The minimum atomic E-state index is -0.683. The molecule has 2 aliphatic rings. The van der Waals surface area contributed by atoms with Gasteiger partial charge in [0.05, 0.1) is 5.69 Å². The molecule has 22 heavy (non-hydrogen) atoms. The molecule has 1 N–H and O–H groups in total. The molecule has 1 aromatic heterocycles. The highest BCUT2D eigenvalue weighted by molar-refractivity contribution is 9.10. The average Bonchev–Trinajstić information content (AvgIpc) is 2.74. The van der Waals surface area contributed by atoms with Gasteiger partial charge < -0.3 is 0 Å². The highest BCUT2D eigenvalue weighted by atomic mass is 79.9. The monoisotopic (exact) mass is 359 g/mol. The molecule has 2 aromatic rings. The second kappa shape index (κ2) is 4.61. The van der Waals surface area contributed by atoms with Crippen molar-refractivity contribution in [2.24, 2.45) is 0 Å². The van der Waals surface area contributed by atoms with Crippen LogP contribution in [0.3, 0.4) is 0 Å². The zero-order valence-corrected chi connectivity index (χ0v) is 12.9. The standard InChI is InChI=1S/C15H10BrN3O3/c16-8-5-7-3-4-17-13-12(7)10(6-8)19(15(13)22)9-1-2-11(20)18-14(9)21/h3-6,9H,1-2H2,(H,18,20,21). The summed E-state index contributed by atoms with van der Waals surface area (Å²) in [5.74, 6) is -1.04. The predicted octanol–water partition coefficient (Wildman–Crippen LogP) is 1.76. The molecule has 1 atom stereocenters. The van der Waals surface area contributed by atoms with Gasteiger partial charge in [0.15, 0.2) is 0 Å². The SMILES string of the molecule is O=C1CCC(N2C(=O)c3nccc4cc(Br)cc2c34)C(=O)N1. The summed E-state index contributed by atoms with van der Waals surface area (Å²) < 4.78 is 0.819. The number of anilines is 1. The van der Waals surface area contributed by atoms with Gasteiger partial charge in [0.25, 0.3) is 5.91 Å². The van der Waals surface area contributed by atoms with Crippen LogP contribution >= 0.6 is 15.9 Å². The summed E-state index contributed by atoms with van der Waals surface area (Å²) in [7, 11) is 0. The molecule has 1 fully saturated rings. The van der Waals surface area contributed by atoms with Crippen LogP contribution < -0.4 is 10.2 Å². The second-order valence-corrected chi connectivity index (χ2v) is 6.24. The Balaban J connectivity index is 1.89. The number of nitrogens with one attached hydrogen (secondary N) is 1. The van der Waals surface area contributed by atoms with Crippen molar-refractivity contribution in [2.75, 3.05) is 4.90 Å². The van der Waals surface area contributed by atoms with Gasteiger partial charge in [-0.3, -0.25) is 29.6 Å². The van der Waals surface area contributed by atoms with E-state index in [0.29, 0.717) is 17.8 Å². The first kappa shape index (κ1) is 13.4. The number of rotatable bonds is 1. The van der Waals surface area contributed by atoms with Crippen LogP contribution in [0.5, 0.6) is 0 Å². The lowest BCUT2D eigenvalue weighted by atomic mass is 10.0. The third kappa shape index (κ3) is 1.78. The molecule has 0 spiro atoms. The first-order chi connectivity index (χ1) is 10.6. The number of piperidine rings is 1. The Kier molecular flexibility index (Phi) is 2.80. The summed E-state index contributed by atoms with van der Waals surface area (Å²) in [6.45, 7) is 0. The van der Waals surface area contributed by atoms with Crippen molar-refractivity contribution in [1.29, 1.82) is 0 Å². The Hall–Kier alpha value is -2.28. The van der Waals surface area contributed by atoms with Crippen LogP contribution in [0.1, 0.15) is 23.3 Å². The molecule has 6 nitrogen and oxygen atoms in total. The Morgan fingerprint density at radius 2 is 2.09 bits per heavy atom. The van der Waals surface area contributed by atoms with Gasteiger partial charge in [0.1, 0.15) is 11.7 Å². The molecular formula is C15H10BrN3O3. The van der Waals surface area contributed by atoms with E-state index in [-0.39, 0.29) is 18.2 Å². The molecule has 0 saturated carbocycles. The van der Waals surface area contributed by atoms with Crippen LogP contribution in [0, 0.1) is 0 Å². The van der Waals surface area contributed by atoms with Crippen LogP contribution in [0.4, 0.5) is 5.69 Å². The highest BCUT2D eigenvalue weighted by Gasteiger charge is 2.41. The molecule has 110 valence electrons. The van der Waals surface area contributed by atoms with Gasteiger partial charge in [0, 0.05) is 22.5 Å². The molecule has 0 bridgehead atoms. The van der Waals surface area contributed by atoms with E-state index >= 15 is 0 Å². The lowest BCUT2D eigenvalue weighted by Gasteiger charge is -2.30. The van der Waals surface area contributed by atoms with E-state index in [9.17, 15) is 14.4 Å². The summed E-state index contributed by atoms with van der Waals surface area (Å²) in [5, 5.41) is 3.93. The summed E-state index contributed by atoms with van der Waals surface area (Å²) in [4.78, 5) is 41.8. The van der Waals surface area contributed by atoms with Gasteiger partial charge in [-0.2, -0.15) is 0 Å². The van der Waals surface area contributed by atoms with Crippen LogP contribution in [0.15, 0.2) is 28.9 Å². The highest BCUT2D eigenvalue weighted by Crippen LogP contribution is 2.40. The van der Waals surface area contributed by atoms with Crippen molar-refractivity contribution in [3.05, 3.63) is 34.6 Å². The van der Waals surface area contributed by atoms with Gasteiger partial charge >= 0.3 is 0 Å². The van der Waals surface area contributed by atoms with Gasteiger partial charge in [-0.15, -0.1) is 0 Å². The van der Waals surface area contributed by atoms with E-state index in [4.69, 9.17) is 0 Å². The van der Waals surface area contributed by atoms with Crippen LogP contribution in [0.2, 0.25) is 0 Å². The second-order valence-electron chi connectivity index (χ2n) is 5.32. The van der Waals surface area contributed by atoms with Gasteiger partial charge in [-0.25, -0.2) is 0 Å². The van der Waals surface area contributed by atoms with Crippen LogP contribution in [0.25, 0.3) is 10.8 Å². The summed E-state index contributed by atoms with van der Waals surface area (Å²) in [5.41, 5.74) is 1.01. The first-order valence-electron chi connectivity index (χ1n) is 6.82. The Morgan fingerprint density at radius 1 is 1.27 bits per heavy atom.